The van der Waals surface area contributed by atoms with E-state index in [0.29, 0.717) is 0 Å². The molecule has 2 rings (SSSR count). The fourth-order valence-electron chi connectivity index (χ4n) is 2.76. The Morgan fingerprint density at radius 3 is 2.77 bits per heavy atom. The third kappa shape index (κ3) is 5.31. The fourth-order valence-corrected chi connectivity index (χ4v) is 2.76. The third-order valence-electron chi connectivity index (χ3n) is 4.14. The van der Waals surface area contributed by atoms with Gasteiger partial charge < -0.3 is 20.6 Å². The molecule has 0 saturated carbocycles. The van der Waals surface area contributed by atoms with E-state index in [-0.39, 0.29) is 18.2 Å². The maximum atomic E-state index is 12.0. The molecule has 1 atom stereocenters. The SMILES string of the molecule is CC[C@H](O)CN1CCC(NC(=O)Nc2cccc(C)c2)CC1. The van der Waals surface area contributed by atoms with Crippen LogP contribution in [0.25, 0.3) is 0 Å². The van der Waals surface area contributed by atoms with Crippen molar-refractivity contribution in [3.63, 3.8) is 0 Å². The molecule has 1 fully saturated rings. The van der Waals surface area contributed by atoms with Crippen LogP contribution in [0.4, 0.5) is 10.5 Å². The van der Waals surface area contributed by atoms with Crippen LogP contribution in [0.2, 0.25) is 0 Å². The van der Waals surface area contributed by atoms with Gasteiger partial charge in [0.25, 0.3) is 0 Å². The molecule has 0 unspecified atom stereocenters. The quantitative estimate of drug-likeness (QED) is 0.782. The Morgan fingerprint density at radius 2 is 2.14 bits per heavy atom. The first kappa shape index (κ1) is 16.8. The summed E-state index contributed by atoms with van der Waals surface area (Å²) in [6, 6.07) is 7.85. The molecular weight excluding hydrogens is 278 g/mol. The van der Waals surface area contributed by atoms with Gasteiger partial charge >= 0.3 is 6.03 Å². The number of carbonyl (C=O) groups excluding carboxylic acids is 1. The Morgan fingerprint density at radius 1 is 1.41 bits per heavy atom. The first-order valence-corrected chi connectivity index (χ1v) is 8.11. The summed E-state index contributed by atoms with van der Waals surface area (Å²) in [5.74, 6) is 0. The van der Waals surface area contributed by atoms with Crippen molar-refractivity contribution >= 4 is 11.7 Å². The Hall–Kier alpha value is -1.59. The number of urea groups is 1. The number of carbonyl (C=O) groups is 1. The molecule has 122 valence electrons. The number of benzene rings is 1. The number of piperidine rings is 1. The van der Waals surface area contributed by atoms with Crippen molar-refractivity contribution in [3.05, 3.63) is 29.8 Å². The van der Waals surface area contributed by atoms with Crippen molar-refractivity contribution in [3.8, 4) is 0 Å². The molecule has 5 nitrogen and oxygen atoms in total. The molecule has 5 heteroatoms. The molecule has 1 aromatic rings. The van der Waals surface area contributed by atoms with Crippen LogP contribution < -0.4 is 10.6 Å². The van der Waals surface area contributed by atoms with Gasteiger partial charge in [-0.25, -0.2) is 4.79 Å². The summed E-state index contributed by atoms with van der Waals surface area (Å²) < 4.78 is 0. The zero-order valence-electron chi connectivity index (χ0n) is 13.5. The van der Waals surface area contributed by atoms with Gasteiger partial charge in [0.05, 0.1) is 6.10 Å². The summed E-state index contributed by atoms with van der Waals surface area (Å²) >= 11 is 0. The van der Waals surface area contributed by atoms with Crippen LogP contribution in [0.15, 0.2) is 24.3 Å². The van der Waals surface area contributed by atoms with Crippen molar-refractivity contribution in [2.24, 2.45) is 0 Å². The molecule has 0 aromatic heterocycles. The van der Waals surface area contributed by atoms with Crippen LogP contribution in [-0.2, 0) is 0 Å². The van der Waals surface area contributed by atoms with E-state index in [0.717, 1.165) is 50.1 Å². The van der Waals surface area contributed by atoms with E-state index >= 15 is 0 Å². The first-order chi connectivity index (χ1) is 10.6. The predicted molar refractivity (Wildman–Crippen MR) is 89.1 cm³/mol. The molecule has 0 aliphatic carbocycles. The lowest BCUT2D eigenvalue weighted by atomic mass is 10.0. The highest BCUT2D eigenvalue weighted by atomic mass is 16.3. The molecule has 1 saturated heterocycles. The molecule has 3 N–H and O–H groups in total. The summed E-state index contributed by atoms with van der Waals surface area (Å²) in [6.07, 6.45) is 2.40. The minimum atomic E-state index is -0.242. The van der Waals surface area contributed by atoms with Crippen LogP contribution in [0.5, 0.6) is 0 Å². The Labute approximate surface area is 132 Å². The largest absolute Gasteiger partial charge is 0.392 e. The maximum absolute atomic E-state index is 12.0. The standard InChI is InChI=1S/C17H27N3O2/c1-3-16(21)12-20-9-7-14(8-10-20)18-17(22)19-15-6-4-5-13(2)11-15/h4-6,11,14,16,21H,3,7-10,12H2,1-2H3,(H2,18,19,22)/t16-/m0/s1. The Kier molecular flexibility index (Phi) is 6.21. The Bertz CT molecular complexity index is 485. The van der Waals surface area contributed by atoms with E-state index in [1.165, 1.54) is 0 Å². The zero-order valence-corrected chi connectivity index (χ0v) is 13.5. The molecule has 1 aliphatic heterocycles. The molecular formula is C17H27N3O2. The second-order valence-electron chi connectivity index (χ2n) is 6.10. The highest BCUT2D eigenvalue weighted by Gasteiger charge is 2.21. The summed E-state index contributed by atoms with van der Waals surface area (Å²) in [5.41, 5.74) is 1.95. The van der Waals surface area contributed by atoms with E-state index in [1.807, 2.05) is 38.1 Å². The van der Waals surface area contributed by atoms with Crippen molar-refractivity contribution in [2.45, 2.75) is 45.3 Å². The van der Waals surface area contributed by atoms with Gasteiger partial charge in [0.15, 0.2) is 0 Å². The van der Waals surface area contributed by atoms with Crippen LogP contribution in [0.3, 0.4) is 0 Å². The van der Waals surface area contributed by atoms with Gasteiger partial charge in [-0.2, -0.15) is 0 Å². The number of aryl methyl sites for hydroxylation is 1. The molecule has 0 bridgehead atoms. The molecule has 1 heterocycles. The smallest absolute Gasteiger partial charge is 0.319 e. The fraction of sp³-hybridized carbons (Fsp3) is 0.588. The van der Waals surface area contributed by atoms with Gasteiger partial charge in [-0.15, -0.1) is 0 Å². The van der Waals surface area contributed by atoms with Crippen molar-refractivity contribution in [1.82, 2.24) is 10.2 Å². The first-order valence-electron chi connectivity index (χ1n) is 8.11. The van der Waals surface area contributed by atoms with Gasteiger partial charge in [0, 0.05) is 31.4 Å². The number of rotatable bonds is 5. The Balaban J connectivity index is 1.72. The van der Waals surface area contributed by atoms with E-state index in [1.54, 1.807) is 0 Å². The molecule has 1 aliphatic rings. The topological polar surface area (TPSA) is 64.6 Å². The highest BCUT2D eigenvalue weighted by molar-refractivity contribution is 5.89. The van der Waals surface area contributed by atoms with Gasteiger partial charge in [-0.1, -0.05) is 19.1 Å². The number of hydrogen-bond acceptors (Lipinski definition) is 3. The monoisotopic (exact) mass is 305 g/mol. The van der Waals surface area contributed by atoms with Gasteiger partial charge in [-0.3, -0.25) is 0 Å². The number of aliphatic hydroxyl groups is 1. The van der Waals surface area contributed by atoms with E-state index in [2.05, 4.69) is 15.5 Å². The minimum absolute atomic E-state index is 0.141. The minimum Gasteiger partial charge on any atom is -0.392 e. The third-order valence-corrected chi connectivity index (χ3v) is 4.14. The highest BCUT2D eigenvalue weighted by Crippen LogP contribution is 2.13. The van der Waals surface area contributed by atoms with Crippen LogP contribution in [-0.4, -0.2) is 47.8 Å². The van der Waals surface area contributed by atoms with Gasteiger partial charge in [0.1, 0.15) is 0 Å². The number of β-amino-alcohol motifs (C(OH)–C–C–N with tert-alkyl or cyclic N) is 1. The lowest BCUT2D eigenvalue weighted by Gasteiger charge is -2.33. The van der Waals surface area contributed by atoms with Crippen LogP contribution in [0, 0.1) is 6.92 Å². The van der Waals surface area contributed by atoms with E-state index in [4.69, 9.17) is 0 Å². The number of amides is 2. The predicted octanol–water partition coefficient (Wildman–Crippen LogP) is 2.35. The van der Waals surface area contributed by atoms with Crippen molar-refractivity contribution in [2.75, 3.05) is 25.0 Å². The zero-order chi connectivity index (χ0) is 15.9. The van der Waals surface area contributed by atoms with Crippen molar-refractivity contribution in [1.29, 1.82) is 0 Å². The van der Waals surface area contributed by atoms with Crippen LogP contribution in [0.1, 0.15) is 31.7 Å². The summed E-state index contributed by atoms with van der Waals surface area (Å²) in [4.78, 5) is 14.3. The van der Waals surface area contributed by atoms with Gasteiger partial charge in [0.2, 0.25) is 0 Å². The molecule has 0 spiro atoms. The number of nitrogens with zero attached hydrogens (tertiary/aromatic N) is 1. The second-order valence-corrected chi connectivity index (χ2v) is 6.10. The lowest BCUT2D eigenvalue weighted by Crippen LogP contribution is -2.47. The summed E-state index contributed by atoms with van der Waals surface area (Å²) in [5, 5.41) is 15.6. The normalized spacial score (nSPS) is 18.0. The van der Waals surface area contributed by atoms with Crippen LogP contribution >= 0.6 is 0 Å². The average Bonchev–Trinajstić information content (AvgIpc) is 2.49. The van der Waals surface area contributed by atoms with E-state index < -0.39 is 0 Å². The van der Waals surface area contributed by atoms with Crippen molar-refractivity contribution < 1.29 is 9.90 Å². The van der Waals surface area contributed by atoms with E-state index in [9.17, 15) is 9.90 Å². The molecule has 1 aromatic carbocycles. The molecule has 22 heavy (non-hydrogen) atoms. The maximum Gasteiger partial charge on any atom is 0.319 e. The number of anilines is 1. The molecule has 2 amide bonds. The summed E-state index contributed by atoms with van der Waals surface area (Å²) in [7, 11) is 0. The lowest BCUT2D eigenvalue weighted by molar-refractivity contribution is 0.0925. The second kappa shape index (κ2) is 8.15. The number of nitrogens with one attached hydrogen (secondary N) is 2. The molecule has 0 radical (unpaired) electrons. The number of hydrogen-bond donors (Lipinski definition) is 3. The average molecular weight is 305 g/mol. The van der Waals surface area contributed by atoms with Gasteiger partial charge in [-0.05, 0) is 43.9 Å². The number of aliphatic hydroxyl groups excluding tert-OH is 1. The summed E-state index contributed by atoms with van der Waals surface area (Å²) in [6.45, 7) is 6.58. The number of likely N-dealkylation sites (tertiary alicyclic amines) is 1.